The van der Waals surface area contributed by atoms with Gasteiger partial charge in [0.2, 0.25) is 0 Å². The molecule has 0 radical (unpaired) electrons. The molecule has 9 heteroatoms. The third kappa shape index (κ3) is 5.46. The fourth-order valence-electron chi connectivity index (χ4n) is 3.37. The van der Waals surface area contributed by atoms with Gasteiger partial charge in [-0.25, -0.2) is 0 Å². The van der Waals surface area contributed by atoms with E-state index in [4.69, 9.17) is 26.8 Å². The van der Waals surface area contributed by atoms with Crippen LogP contribution in [-0.2, 0) is 4.79 Å². The summed E-state index contributed by atoms with van der Waals surface area (Å²) < 4.78 is 10.5. The van der Waals surface area contributed by atoms with Gasteiger partial charge < -0.3 is 25.4 Å². The highest BCUT2D eigenvalue weighted by Crippen LogP contribution is 2.36. The fourth-order valence-corrected chi connectivity index (χ4v) is 3.64. The summed E-state index contributed by atoms with van der Waals surface area (Å²) in [6.45, 7) is 1.04. The van der Waals surface area contributed by atoms with Crippen molar-refractivity contribution in [1.82, 2.24) is 4.90 Å². The number of hydrogen-bond donors (Lipinski definition) is 2. The van der Waals surface area contributed by atoms with Gasteiger partial charge in [0.15, 0.2) is 18.1 Å². The molecule has 1 aliphatic rings. The van der Waals surface area contributed by atoms with Crippen LogP contribution < -0.4 is 20.5 Å². The van der Waals surface area contributed by atoms with Crippen LogP contribution in [0.2, 0.25) is 5.02 Å². The van der Waals surface area contributed by atoms with Crippen LogP contribution in [0.3, 0.4) is 0 Å². The fraction of sp³-hybridized carbons (Fsp3) is 0.318. The van der Waals surface area contributed by atoms with E-state index in [9.17, 15) is 14.4 Å². The quantitative estimate of drug-likeness (QED) is 0.680. The topological polar surface area (TPSA) is 111 Å². The number of primary amides is 1. The molecule has 0 unspecified atom stereocenters. The number of nitrogens with one attached hydrogen (secondary N) is 1. The number of para-hydroxylation sites is 1. The number of benzene rings is 2. The van der Waals surface area contributed by atoms with Crippen LogP contribution in [0.25, 0.3) is 0 Å². The molecular weight excluding hydrogens is 422 g/mol. The first-order valence-electron chi connectivity index (χ1n) is 9.89. The zero-order valence-electron chi connectivity index (χ0n) is 17.2. The Morgan fingerprint density at radius 2 is 1.84 bits per heavy atom. The Bertz CT molecular complexity index is 989. The maximum atomic E-state index is 12.9. The second kappa shape index (κ2) is 10.2. The molecule has 164 valence electrons. The Morgan fingerprint density at radius 1 is 1.13 bits per heavy atom. The predicted molar refractivity (Wildman–Crippen MR) is 117 cm³/mol. The lowest BCUT2D eigenvalue weighted by atomic mass is 10.1. The van der Waals surface area contributed by atoms with Crippen LogP contribution in [0.5, 0.6) is 11.5 Å². The van der Waals surface area contributed by atoms with Gasteiger partial charge in [-0.15, -0.1) is 0 Å². The van der Waals surface area contributed by atoms with Gasteiger partial charge >= 0.3 is 0 Å². The molecule has 1 saturated heterocycles. The van der Waals surface area contributed by atoms with Crippen LogP contribution in [0.4, 0.5) is 5.69 Å². The smallest absolute Gasteiger partial charge is 0.255 e. The minimum Gasteiger partial charge on any atom is -0.493 e. The molecule has 31 heavy (non-hydrogen) atoms. The number of piperidine rings is 1. The minimum absolute atomic E-state index is 0.0865. The molecule has 3 amide bonds. The lowest BCUT2D eigenvalue weighted by Gasteiger charge is -2.27. The van der Waals surface area contributed by atoms with E-state index in [1.807, 2.05) is 0 Å². The minimum atomic E-state index is -0.671. The molecule has 0 saturated carbocycles. The average Bonchev–Trinajstić information content (AvgIpc) is 2.78. The highest BCUT2D eigenvalue weighted by atomic mass is 35.5. The Balaban J connectivity index is 1.82. The second-order valence-electron chi connectivity index (χ2n) is 7.10. The van der Waals surface area contributed by atoms with Crippen molar-refractivity contribution in [3.05, 3.63) is 52.5 Å². The lowest BCUT2D eigenvalue weighted by Crippen LogP contribution is -2.36. The van der Waals surface area contributed by atoms with Crippen molar-refractivity contribution in [2.45, 2.75) is 19.3 Å². The van der Waals surface area contributed by atoms with Crippen LogP contribution >= 0.6 is 11.6 Å². The number of halogens is 1. The number of carbonyl (C=O) groups is 3. The molecule has 0 aromatic heterocycles. The summed E-state index contributed by atoms with van der Waals surface area (Å²) in [5, 5.41) is 2.87. The largest absolute Gasteiger partial charge is 0.493 e. The van der Waals surface area contributed by atoms with Gasteiger partial charge in [-0.05, 0) is 43.5 Å². The van der Waals surface area contributed by atoms with Crippen LogP contribution in [0.15, 0.2) is 36.4 Å². The average molecular weight is 446 g/mol. The normalized spacial score (nSPS) is 13.4. The molecule has 0 spiro atoms. The van der Waals surface area contributed by atoms with Crippen molar-refractivity contribution >= 4 is 35.0 Å². The number of amides is 3. The first-order chi connectivity index (χ1) is 14.9. The summed E-state index contributed by atoms with van der Waals surface area (Å²) in [7, 11) is 1.39. The molecule has 1 aliphatic heterocycles. The van der Waals surface area contributed by atoms with Crippen molar-refractivity contribution in [1.29, 1.82) is 0 Å². The molecule has 1 heterocycles. The number of carbonyl (C=O) groups excluding carboxylic acids is 3. The van der Waals surface area contributed by atoms with Crippen molar-refractivity contribution in [2.75, 3.05) is 32.1 Å². The summed E-state index contributed by atoms with van der Waals surface area (Å²) >= 11 is 6.23. The zero-order chi connectivity index (χ0) is 22.4. The van der Waals surface area contributed by atoms with Gasteiger partial charge in [0.25, 0.3) is 17.7 Å². The van der Waals surface area contributed by atoms with Gasteiger partial charge in [0, 0.05) is 18.7 Å². The number of ether oxygens (including phenoxy) is 2. The van der Waals surface area contributed by atoms with E-state index < -0.39 is 11.8 Å². The van der Waals surface area contributed by atoms with Crippen molar-refractivity contribution in [2.24, 2.45) is 5.73 Å². The number of hydrogen-bond acceptors (Lipinski definition) is 5. The van der Waals surface area contributed by atoms with Crippen molar-refractivity contribution in [3.63, 3.8) is 0 Å². The van der Waals surface area contributed by atoms with E-state index in [0.717, 1.165) is 19.3 Å². The highest BCUT2D eigenvalue weighted by molar-refractivity contribution is 6.33. The number of likely N-dealkylation sites (tertiary alicyclic amines) is 1. The number of nitrogens with two attached hydrogens (primary N) is 1. The Labute approximate surface area is 185 Å². The highest BCUT2D eigenvalue weighted by Gasteiger charge is 2.22. The Kier molecular flexibility index (Phi) is 7.36. The molecule has 0 bridgehead atoms. The number of anilines is 1. The molecule has 3 rings (SSSR count). The summed E-state index contributed by atoms with van der Waals surface area (Å²) in [6.07, 6.45) is 3.06. The standard InChI is InChI=1S/C22H24ClN3O5/c1-30-18-12-14(11-16(23)20(18)31-13-19(24)27)21(28)25-17-8-4-3-7-15(17)22(29)26-9-5-2-6-10-26/h3-4,7-8,11-12H,2,5-6,9-10,13H2,1H3,(H2,24,27)(H,25,28). The monoisotopic (exact) mass is 445 g/mol. The van der Waals surface area contributed by atoms with Gasteiger partial charge in [0.1, 0.15) is 0 Å². The first kappa shape index (κ1) is 22.4. The van der Waals surface area contributed by atoms with Crippen molar-refractivity contribution < 1.29 is 23.9 Å². The van der Waals surface area contributed by atoms with E-state index in [2.05, 4.69) is 5.32 Å². The van der Waals surface area contributed by atoms with E-state index >= 15 is 0 Å². The molecule has 2 aromatic carbocycles. The third-order valence-electron chi connectivity index (χ3n) is 4.90. The van der Waals surface area contributed by atoms with Crippen LogP contribution in [-0.4, -0.2) is 49.4 Å². The molecule has 0 atom stereocenters. The van der Waals surface area contributed by atoms with E-state index in [-0.39, 0.29) is 34.6 Å². The molecule has 1 fully saturated rings. The van der Waals surface area contributed by atoms with Gasteiger partial charge in [-0.3, -0.25) is 14.4 Å². The molecular formula is C22H24ClN3O5. The number of methoxy groups -OCH3 is 1. The molecule has 0 aliphatic carbocycles. The zero-order valence-corrected chi connectivity index (χ0v) is 17.9. The summed E-state index contributed by atoms with van der Waals surface area (Å²) in [4.78, 5) is 38.6. The maximum Gasteiger partial charge on any atom is 0.255 e. The van der Waals surface area contributed by atoms with Gasteiger partial charge in [-0.2, -0.15) is 0 Å². The van der Waals surface area contributed by atoms with E-state index in [0.29, 0.717) is 24.3 Å². The molecule has 3 N–H and O–H groups in total. The van der Waals surface area contributed by atoms with Crippen LogP contribution in [0, 0.1) is 0 Å². The number of rotatable bonds is 7. The molecule has 2 aromatic rings. The SMILES string of the molecule is COc1cc(C(=O)Nc2ccccc2C(=O)N2CCCCC2)cc(Cl)c1OCC(N)=O. The van der Waals surface area contributed by atoms with E-state index in [1.54, 1.807) is 29.2 Å². The molecule has 8 nitrogen and oxygen atoms in total. The van der Waals surface area contributed by atoms with Crippen molar-refractivity contribution in [3.8, 4) is 11.5 Å². The third-order valence-corrected chi connectivity index (χ3v) is 5.18. The second-order valence-corrected chi connectivity index (χ2v) is 7.50. The van der Waals surface area contributed by atoms with Crippen LogP contribution in [0.1, 0.15) is 40.0 Å². The first-order valence-corrected chi connectivity index (χ1v) is 10.3. The Morgan fingerprint density at radius 3 is 2.52 bits per heavy atom. The van der Waals surface area contributed by atoms with Gasteiger partial charge in [0.05, 0.1) is 23.4 Å². The van der Waals surface area contributed by atoms with E-state index in [1.165, 1.54) is 19.2 Å². The lowest BCUT2D eigenvalue weighted by molar-refractivity contribution is -0.119. The summed E-state index contributed by atoms with van der Waals surface area (Å²) in [5.41, 5.74) is 6.14. The predicted octanol–water partition coefficient (Wildman–Crippen LogP) is 3.09. The number of nitrogens with zero attached hydrogens (tertiary/aromatic N) is 1. The maximum absolute atomic E-state index is 12.9. The summed E-state index contributed by atoms with van der Waals surface area (Å²) in [5.74, 6) is -0.964. The van der Waals surface area contributed by atoms with Gasteiger partial charge in [-0.1, -0.05) is 23.7 Å². The Hall–Kier alpha value is -3.26. The summed E-state index contributed by atoms with van der Waals surface area (Å²) in [6, 6.07) is 9.71.